The second kappa shape index (κ2) is 13.5. The second-order valence-corrected chi connectivity index (χ2v) is 5.53. The van der Waals surface area contributed by atoms with Gasteiger partial charge in [0, 0.05) is 24.1 Å². The van der Waals surface area contributed by atoms with Gasteiger partial charge >= 0.3 is 0 Å². The minimum absolute atomic E-state index is 0.129. The first-order valence-electron chi connectivity index (χ1n) is 8.51. The summed E-state index contributed by atoms with van der Waals surface area (Å²) in [5.41, 5.74) is 2.08. The van der Waals surface area contributed by atoms with E-state index in [0.29, 0.717) is 0 Å². The molecule has 0 fully saturated rings. The van der Waals surface area contributed by atoms with E-state index < -0.39 is 0 Å². The number of quaternary nitrogens is 1. The largest absolute Gasteiger partial charge is 0.325 e. The van der Waals surface area contributed by atoms with Crippen molar-refractivity contribution >= 4 is 5.78 Å². The molecule has 3 heteroatoms. The molecule has 128 valence electrons. The maximum Gasteiger partial charge on any atom is 0.159 e. The van der Waals surface area contributed by atoms with Crippen molar-refractivity contribution in [2.24, 2.45) is 0 Å². The topological polar surface area (TPSA) is 29.1 Å². The van der Waals surface area contributed by atoms with Crippen molar-refractivity contribution in [1.29, 1.82) is 0 Å². The lowest BCUT2D eigenvalue weighted by Gasteiger charge is -2.30. The fourth-order valence-electron chi connectivity index (χ4n) is 2.10. The Balaban J connectivity index is 0. The lowest BCUT2D eigenvalue weighted by Crippen LogP contribution is -2.40. The lowest BCUT2D eigenvalue weighted by molar-refractivity contribution is -0.903. The predicted molar refractivity (Wildman–Crippen MR) is 98.4 cm³/mol. The number of rotatable bonds is 7. The summed E-state index contributed by atoms with van der Waals surface area (Å²) in [7, 11) is 6.48. The van der Waals surface area contributed by atoms with Crippen molar-refractivity contribution in [3.8, 4) is 0 Å². The van der Waals surface area contributed by atoms with Gasteiger partial charge in [-0.25, -0.2) is 0 Å². The van der Waals surface area contributed by atoms with Crippen molar-refractivity contribution in [2.45, 2.75) is 47.6 Å². The zero-order chi connectivity index (χ0) is 17.6. The third-order valence-corrected chi connectivity index (χ3v) is 3.16. The monoisotopic (exact) mass is 309 g/mol. The maximum absolute atomic E-state index is 11.2. The molecule has 0 aliphatic carbocycles. The summed E-state index contributed by atoms with van der Waals surface area (Å²) in [5.74, 6) is 0.129. The quantitative estimate of drug-likeness (QED) is 0.466. The van der Waals surface area contributed by atoms with Crippen molar-refractivity contribution in [3.63, 3.8) is 0 Å². The molecule has 0 heterocycles. The molecule has 0 radical (unpaired) electrons. The molecule has 0 aromatic heterocycles. The molecule has 0 saturated heterocycles. The molecule has 0 aliphatic rings. The summed E-state index contributed by atoms with van der Waals surface area (Å²) in [6.45, 7) is 12.8. The number of nitrogens with one attached hydrogen (secondary N) is 1. The van der Waals surface area contributed by atoms with Crippen molar-refractivity contribution < 1.29 is 9.28 Å². The Morgan fingerprint density at radius 1 is 1.05 bits per heavy atom. The van der Waals surface area contributed by atoms with Gasteiger partial charge in [0.05, 0.1) is 20.6 Å². The Morgan fingerprint density at radius 2 is 1.55 bits per heavy atom. The molecule has 0 aliphatic heterocycles. The van der Waals surface area contributed by atoms with Gasteiger partial charge in [0.1, 0.15) is 6.54 Å². The highest BCUT2D eigenvalue weighted by atomic mass is 16.1. The van der Waals surface area contributed by atoms with Crippen LogP contribution < -0.4 is 5.32 Å². The lowest BCUT2D eigenvalue weighted by atomic mass is 10.1. The van der Waals surface area contributed by atoms with Gasteiger partial charge in [0.2, 0.25) is 0 Å². The third-order valence-electron chi connectivity index (χ3n) is 3.16. The Morgan fingerprint density at radius 3 is 1.95 bits per heavy atom. The van der Waals surface area contributed by atoms with Gasteiger partial charge in [-0.3, -0.25) is 4.79 Å². The molecule has 3 nitrogen and oxygen atoms in total. The zero-order valence-corrected chi connectivity index (χ0v) is 16.0. The number of Topliss-reactive ketones (excluding diaryl/α,β-unsaturated/α-hetero) is 1. The number of hydrogen-bond acceptors (Lipinski definition) is 2. The van der Waals surface area contributed by atoms with E-state index in [1.807, 2.05) is 46.9 Å². The molecule has 0 atom stereocenters. The SMILES string of the molecule is CC.CC.CNCCC[N+](C)(C)Cc1ccc(C(C)=O)cc1. The highest BCUT2D eigenvalue weighted by Crippen LogP contribution is 2.11. The summed E-state index contributed by atoms with van der Waals surface area (Å²) in [6, 6.07) is 7.97. The molecule has 0 amide bonds. The number of ketones is 1. The van der Waals surface area contributed by atoms with Gasteiger partial charge < -0.3 is 9.80 Å². The number of hydrogen-bond donors (Lipinski definition) is 1. The van der Waals surface area contributed by atoms with Gasteiger partial charge in [0.15, 0.2) is 5.78 Å². The van der Waals surface area contributed by atoms with Crippen LogP contribution in [-0.4, -0.2) is 44.5 Å². The van der Waals surface area contributed by atoms with E-state index in [2.05, 4.69) is 31.5 Å². The molecule has 0 bridgehead atoms. The first-order chi connectivity index (χ1) is 10.4. The summed E-state index contributed by atoms with van der Waals surface area (Å²) < 4.78 is 0.973. The Labute approximate surface area is 138 Å². The Bertz CT molecular complexity index is 383. The zero-order valence-electron chi connectivity index (χ0n) is 16.0. The molecular formula is C19H37N2O+. The van der Waals surface area contributed by atoms with E-state index in [0.717, 1.165) is 29.7 Å². The summed E-state index contributed by atoms with van der Waals surface area (Å²) in [5, 5.41) is 3.18. The van der Waals surface area contributed by atoms with Crippen molar-refractivity contribution in [2.75, 3.05) is 34.2 Å². The second-order valence-electron chi connectivity index (χ2n) is 5.53. The van der Waals surface area contributed by atoms with E-state index in [9.17, 15) is 4.79 Å². The normalized spacial score (nSPS) is 10.0. The van der Waals surface area contributed by atoms with E-state index >= 15 is 0 Å². The minimum atomic E-state index is 0.129. The van der Waals surface area contributed by atoms with Crippen LogP contribution in [0, 0.1) is 0 Å². The molecule has 22 heavy (non-hydrogen) atoms. The average molecular weight is 310 g/mol. The van der Waals surface area contributed by atoms with Crippen LogP contribution in [0.3, 0.4) is 0 Å². The molecule has 0 unspecified atom stereocenters. The van der Waals surface area contributed by atoms with E-state index in [1.54, 1.807) is 6.92 Å². The molecule has 0 spiro atoms. The summed E-state index contributed by atoms with van der Waals surface area (Å²) in [6.07, 6.45) is 1.18. The van der Waals surface area contributed by atoms with E-state index in [-0.39, 0.29) is 5.78 Å². The fraction of sp³-hybridized carbons (Fsp3) is 0.632. The Hall–Kier alpha value is -1.19. The first-order valence-corrected chi connectivity index (χ1v) is 8.51. The van der Waals surface area contributed by atoms with Gasteiger partial charge in [-0.15, -0.1) is 0 Å². The molecule has 1 aromatic rings. The van der Waals surface area contributed by atoms with Crippen molar-refractivity contribution in [1.82, 2.24) is 5.32 Å². The molecular weight excluding hydrogens is 272 g/mol. The van der Waals surface area contributed by atoms with Gasteiger partial charge in [0.25, 0.3) is 0 Å². The van der Waals surface area contributed by atoms with Crippen LogP contribution in [0.2, 0.25) is 0 Å². The van der Waals surface area contributed by atoms with E-state index in [1.165, 1.54) is 12.0 Å². The third kappa shape index (κ3) is 10.5. The molecule has 1 N–H and O–H groups in total. The maximum atomic E-state index is 11.2. The molecule has 1 aromatic carbocycles. The Kier molecular flexibility index (Phi) is 14.1. The number of nitrogens with zero attached hydrogens (tertiary/aromatic N) is 1. The number of carbonyl (C=O) groups excluding carboxylic acids is 1. The van der Waals surface area contributed by atoms with Crippen LogP contribution in [0.15, 0.2) is 24.3 Å². The fourth-order valence-corrected chi connectivity index (χ4v) is 2.10. The number of benzene rings is 1. The van der Waals surface area contributed by atoms with Crippen LogP contribution in [0.5, 0.6) is 0 Å². The minimum Gasteiger partial charge on any atom is -0.325 e. The van der Waals surface area contributed by atoms with Crippen LogP contribution in [0.1, 0.15) is 57.0 Å². The average Bonchev–Trinajstić information content (AvgIpc) is 2.51. The van der Waals surface area contributed by atoms with Crippen LogP contribution in [0.25, 0.3) is 0 Å². The van der Waals surface area contributed by atoms with Gasteiger partial charge in [-0.05, 0) is 14.0 Å². The smallest absolute Gasteiger partial charge is 0.159 e. The highest BCUT2D eigenvalue weighted by Gasteiger charge is 2.15. The number of carbonyl (C=O) groups is 1. The van der Waals surface area contributed by atoms with Crippen LogP contribution in [-0.2, 0) is 6.54 Å². The summed E-state index contributed by atoms with van der Waals surface area (Å²) in [4.78, 5) is 11.2. The van der Waals surface area contributed by atoms with Crippen molar-refractivity contribution in [3.05, 3.63) is 35.4 Å². The molecule has 0 saturated carbocycles. The van der Waals surface area contributed by atoms with Gasteiger partial charge in [-0.1, -0.05) is 52.0 Å². The summed E-state index contributed by atoms with van der Waals surface area (Å²) >= 11 is 0. The van der Waals surface area contributed by atoms with Crippen LogP contribution in [0.4, 0.5) is 0 Å². The predicted octanol–water partition coefficient (Wildman–Crippen LogP) is 4.13. The molecule has 1 rings (SSSR count). The van der Waals surface area contributed by atoms with E-state index in [4.69, 9.17) is 0 Å². The standard InChI is InChI=1S/C15H25N2O.2C2H6/c1-13(18)15-8-6-14(7-9-15)12-17(3,4)11-5-10-16-2;2*1-2/h6-9,16H,5,10-12H2,1-4H3;2*1-2H3/q+1;;. The van der Waals surface area contributed by atoms with Gasteiger partial charge in [-0.2, -0.15) is 0 Å². The highest BCUT2D eigenvalue weighted by molar-refractivity contribution is 5.93. The van der Waals surface area contributed by atoms with Crippen LogP contribution >= 0.6 is 0 Å². The first kappa shape index (κ1) is 23.1.